The normalized spacial score (nSPS) is 24.9. The van der Waals surface area contributed by atoms with E-state index in [1.807, 2.05) is 4.90 Å². The molecule has 0 radical (unpaired) electrons. The summed E-state index contributed by atoms with van der Waals surface area (Å²) in [6.07, 6.45) is 3.79. The first-order valence-corrected chi connectivity index (χ1v) is 7.02. The molecule has 0 aromatic carbocycles. The standard InChI is InChI=1S/C13H25N3O2/c1-18-9-5-14-10-13(17)16-8-4-12(11-16)15-6-2-3-7-15/h12,14H,2-11H2,1H3. The number of carbonyl (C=O) groups is 1. The van der Waals surface area contributed by atoms with Crippen molar-refractivity contribution in [2.45, 2.75) is 25.3 Å². The Balaban J connectivity index is 1.66. The van der Waals surface area contributed by atoms with Crippen molar-refractivity contribution in [3.63, 3.8) is 0 Å². The number of carbonyl (C=O) groups excluding carboxylic acids is 1. The first-order valence-electron chi connectivity index (χ1n) is 7.02. The maximum atomic E-state index is 12.0. The molecule has 2 rings (SSSR count). The first kappa shape index (κ1) is 13.8. The first-order chi connectivity index (χ1) is 8.81. The number of hydrogen-bond acceptors (Lipinski definition) is 4. The molecule has 2 aliphatic heterocycles. The predicted octanol–water partition coefficient (Wildman–Crippen LogP) is -0.0809. The number of amides is 1. The van der Waals surface area contributed by atoms with Gasteiger partial charge in [-0.15, -0.1) is 0 Å². The quantitative estimate of drug-likeness (QED) is 0.674. The van der Waals surface area contributed by atoms with E-state index in [0.717, 1.165) is 26.1 Å². The van der Waals surface area contributed by atoms with Crippen LogP contribution in [0, 0.1) is 0 Å². The molecule has 18 heavy (non-hydrogen) atoms. The summed E-state index contributed by atoms with van der Waals surface area (Å²) in [5.41, 5.74) is 0. The third-order valence-electron chi connectivity index (χ3n) is 3.93. The maximum Gasteiger partial charge on any atom is 0.236 e. The molecule has 0 spiro atoms. The van der Waals surface area contributed by atoms with E-state index in [1.165, 1.54) is 25.9 Å². The Morgan fingerprint density at radius 2 is 2.11 bits per heavy atom. The zero-order chi connectivity index (χ0) is 12.8. The summed E-state index contributed by atoms with van der Waals surface area (Å²) < 4.78 is 4.94. The van der Waals surface area contributed by atoms with Gasteiger partial charge in [0.05, 0.1) is 13.2 Å². The van der Waals surface area contributed by atoms with E-state index in [-0.39, 0.29) is 5.91 Å². The summed E-state index contributed by atoms with van der Waals surface area (Å²) in [4.78, 5) is 16.5. The van der Waals surface area contributed by atoms with Gasteiger partial charge in [0, 0.05) is 32.8 Å². The summed E-state index contributed by atoms with van der Waals surface area (Å²) >= 11 is 0. The fraction of sp³-hybridized carbons (Fsp3) is 0.923. The molecule has 5 heteroatoms. The van der Waals surface area contributed by atoms with Crippen molar-refractivity contribution in [3.8, 4) is 0 Å². The third-order valence-corrected chi connectivity index (χ3v) is 3.93. The van der Waals surface area contributed by atoms with E-state index < -0.39 is 0 Å². The van der Waals surface area contributed by atoms with Crippen LogP contribution in [0.15, 0.2) is 0 Å². The summed E-state index contributed by atoms with van der Waals surface area (Å²) in [5, 5.41) is 3.12. The second-order valence-corrected chi connectivity index (χ2v) is 5.19. The van der Waals surface area contributed by atoms with E-state index in [4.69, 9.17) is 4.74 Å². The molecule has 2 aliphatic rings. The van der Waals surface area contributed by atoms with Crippen molar-refractivity contribution in [2.75, 3.05) is 53.0 Å². The van der Waals surface area contributed by atoms with Crippen LogP contribution in [0.2, 0.25) is 0 Å². The summed E-state index contributed by atoms with van der Waals surface area (Å²) in [6, 6.07) is 0.607. The average molecular weight is 255 g/mol. The Kier molecular flexibility index (Phi) is 5.41. The van der Waals surface area contributed by atoms with E-state index in [0.29, 0.717) is 19.2 Å². The van der Waals surface area contributed by atoms with Crippen molar-refractivity contribution >= 4 is 5.91 Å². The smallest absolute Gasteiger partial charge is 0.236 e. The molecule has 0 aliphatic carbocycles. The second kappa shape index (κ2) is 7.07. The van der Waals surface area contributed by atoms with E-state index in [9.17, 15) is 4.79 Å². The van der Waals surface area contributed by atoms with Gasteiger partial charge in [-0.25, -0.2) is 0 Å². The number of likely N-dealkylation sites (tertiary alicyclic amines) is 2. The number of methoxy groups -OCH3 is 1. The van der Waals surface area contributed by atoms with Gasteiger partial charge in [-0.3, -0.25) is 9.69 Å². The number of nitrogens with zero attached hydrogens (tertiary/aromatic N) is 2. The van der Waals surface area contributed by atoms with Crippen LogP contribution in [0.5, 0.6) is 0 Å². The topological polar surface area (TPSA) is 44.8 Å². The molecule has 1 atom stereocenters. The van der Waals surface area contributed by atoms with Crippen molar-refractivity contribution in [1.82, 2.24) is 15.1 Å². The molecule has 1 unspecified atom stereocenters. The third kappa shape index (κ3) is 3.67. The highest BCUT2D eigenvalue weighted by molar-refractivity contribution is 5.78. The summed E-state index contributed by atoms with van der Waals surface area (Å²) in [7, 11) is 1.67. The van der Waals surface area contributed by atoms with Crippen molar-refractivity contribution < 1.29 is 9.53 Å². The van der Waals surface area contributed by atoms with Gasteiger partial charge in [0.1, 0.15) is 0 Å². The van der Waals surface area contributed by atoms with Crippen LogP contribution >= 0.6 is 0 Å². The summed E-state index contributed by atoms with van der Waals surface area (Å²) in [6.45, 7) is 6.12. The molecule has 2 saturated heterocycles. The molecule has 0 bridgehead atoms. The average Bonchev–Trinajstić information content (AvgIpc) is 3.03. The number of hydrogen-bond donors (Lipinski definition) is 1. The van der Waals surface area contributed by atoms with E-state index in [1.54, 1.807) is 7.11 Å². The molecule has 0 aromatic heterocycles. The Morgan fingerprint density at radius 3 is 2.83 bits per heavy atom. The van der Waals surface area contributed by atoms with Crippen LogP contribution in [-0.2, 0) is 9.53 Å². The number of ether oxygens (including phenoxy) is 1. The van der Waals surface area contributed by atoms with Gasteiger partial charge < -0.3 is 15.0 Å². The molecular formula is C13H25N3O2. The van der Waals surface area contributed by atoms with Gasteiger partial charge in [-0.05, 0) is 32.4 Å². The van der Waals surface area contributed by atoms with Gasteiger partial charge in [0.15, 0.2) is 0 Å². The van der Waals surface area contributed by atoms with Crippen LogP contribution in [0.1, 0.15) is 19.3 Å². The number of nitrogens with one attached hydrogen (secondary N) is 1. The lowest BCUT2D eigenvalue weighted by Gasteiger charge is -2.23. The van der Waals surface area contributed by atoms with Crippen molar-refractivity contribution in [2.24, 2.45) is 0 Å². The Labute approximate surface area is 109 Å². The monoisotopic (exact) mass is 255 g/mol. The minimum absolute atomic E-state index is 0.229. The molecule has 0 saturated carbocycles. The highest BCUT2D eigenvalue weighted by Gasteiger charge is 2.31. The fourth-order valence-electron chi connectivity index (χ4n) is 2.85. The van der Waals surface area contributed by atoms with Crippen LogP contribution in [0.3, 0.4) is 0 Å². The number of rotatable bonds is 6. The van der Waals surface area contributed by atoms with Gasteiger partial charge >= 0.3 is 0 Å². The van der Waals surface area contributed by atoms with Crippen LogP contribution in [-0.4, -0.2) is 74.7 Å². The molecule has 2 fully saturated rings. The second-order valence-electron chi connectivity index (χ2n) is 5.19. The highest BCUT2D eigenvalue weighted by atomic mass is 16.5. The predicted molar refractivity (Wildman–Crippen MR) is 70.5 cm³/mol. The fourth-order valence-corrected chi connectivity index (χ4v) is 2.85. The zero-order valence-corrected chi connectivity index (χ0v) is 11.4. The molecule has 2 heterocycles. The van der Waals surface area contributed by atoms with E-state index >= 15 is 0 Å². The van der Waals surface area contributed by atoms with E-state index in [2.05, 4.69) is 10.2 Å². The SMILES string of the molecule is COCCNCC(=O)N1CCC(N2CCCC2)C1. The van der Waals surface area contributed by atoms with Gasteiger partial charge in [0.25, 0.3) is 0 Å². The molecule has 1 N–H and O–H groups in total. The van der Waals surface area contributed by atoms with Crippen molar-refractivity contribution in [3.05, 3.63) is 0 Å². The van der Waals surface area contributed by atoms with Gasteiger partial charge in [-0.2, -0.15) is 0 Å². The zero-order valence-electron chi connectivity index (χ0n) is 11.4. The summed E-state index contributed by atoms with van der Waals surface area (Å²) in [5.74, 6) is 0.229. The largest absolute Gasteiger partial charge is 0.383 e. The maximum absolute atomic E-state index is 12.0. The molecule has 5 nitrogen and oxygen atoms in total. The molecule has 104 valence electrons. The minimum atomic E-state index is 0.229. The lowest BCUT2D eigenvalue weighted by atomic mass is 10.2. The molecular weight excluding hydrogens is 230 g/mol. The highest BCUT2D eigenvalue weighted by Crippen LogP contribution is 2.20. The van der Waals surface area contributed by atoms with Crippen LogP contribution < -0.4 is 5.32 Å². The lowest BCUT2D eigenvalue weighted by Crippen LogP contribution is -2.40. The van der Waals surface area contributed by atoms with Gasteiger partial charge in [0.2, 0.25) is 5.91 Å². The van der Waals surface area contributed by atoms with Gasteiger partial charge in [-0.1, -0.05) is 0 Å². The van der Waals surface area contributed by atoms with Crippen LogP contribution in [0.4, 0.5) is 0 Å². The molecule has 1 amide bonds. The van der Waals surface area contributed by atoms with Crippen molar-refractivity contribution in [1.29, 1.82) is 0 Å². The Morgan fingerprint density at radius 1 is 1.33 bits per heavy atom. The minimum Gasteiger partial charge on any atom is -0.383 e. The Bertz CT molecular complexity index is 267. The van der Waals surface area contributed by atoms with Crippen LogP contribution in [0.25, 0.3) is 0 Å². The lowest BCUT2D eigenvalue weighted by molar-refractivity contribution is -0.129. The Hall–Kier alpha value is -0.650. The molecule has 0 aromatic rings.